The molecular formula is C13H24O6. The van der Waals surface area contributed by atoms with Crippen molar-refractivity contribution in [2.75, 3.05) is 19.8 Å². The van der Waals surface area contributed by atoms with Gasteiger partial charge in [0, 0.05) is 25.6 Å². The Hall–Kier alpha value is -0.980. The minimum atomic E-state index is -1.59. The summed E-state index contributed by atoms with van der Waals surface area (Å²) in [5.41, 5.74) is -1.59. The van der Waals surface area contributed by atoms with Crippen molar-refractivity contribution >= 4 is 11.8 Å². The minimum absolute atomic E-state index is 0.0706. The van der Waals surface area contributed by atoms with Gasteiger partial charge < -0.3 is 20.4 Å². The summed E-state index contributed by atoms with van der Waals surface area (Å²) in [6.45, 7) is 0.723. The molecule has 0 rings (SSSR count). The van der Waals surface area contributed by atoms with Gasteiger partial charge in [-0.25, -0.2) is 0 Å². The smallest absolute Gasteiger partial charge is 0.312 e. The number of carboxylic acids is 1. The summed E-state index contributed by atoms with van der Waals surface area (Å²) in [6, 6.07) is 0. The van der Waals surface area contributed by atoms with Crippen LogP contribution in [0.2, 0.25) is 0 Å². The van der Waals surface area contributed by atoms with E-state index < -0.39 is 18.0 Å². The van der Waals surface area contributed by atoms with Crippen molar-refractivity contribution in [1.82, 2.24) is 0 Å². The molecule has 0 heterocycles. The van der Waals surface area contributed by atoms with Gasteiger partial charge >= 0.3 is 5.97 Å². The zero-order chi connectivity index (χ0) is 14.9. The molecule has 0 aromatic heterocycles. The lowest BCUT2D eigenvalue weighted by atomic mass is 9.78. The van der Waals surface area contributed by atoms with Crippen LogP contribution in [0.4, 0.5) is 0 Å². The van der Waals surface area contributed by atoms with Gasteiger partial charge in [0.1, 0.15) is 5.78 Å². The molecule has 2 atom stereocenters. The number of Topliss-reactive ketones (excluding diaryl/α,β-unsaturated/α-hetero) is 1. The number of carbonyl (C=O) groups excluding carboxylic acids is 1. The Balaban J connectivity index is 4.57. The van der Waals surface area contributed by atoms with E-state index in [1.54, 1.807) is 6.92 Å². The van der Waals surface area contributed by atoms with Crippen LogP contribution < -0.4 is 0 Å². The molecular weight excluding hydrogens is 252 g/mol. The maximum Gasteiger partial charge on any atom is 0.312 e. The fraction of sp³-hybridized carbons (Fsp3) is 0.846. The molecule has 0 aliphatic rings. The van der Waals surface area contributed by atoms with Crippen molar-refractivity contribution in [3.05, 3.63) is 0 Å². The number of carboxylic acid groups (broad SMARTS) is 1. The van der Waals surface area contributed by atoms with Crippen LogP contribution in [-0.2, 0) is 9.59 Å². The van der Waals surface area contributed by atoms with Gasteiger partial charge in [0.05, 0.1) is 12.0 Å². The van der Waals surface area contributed by atoms with Gasteiger partial charge in [0.15, 0.2) is 0 Å². The topological polar surface area (TPSA) is 115 Å². The van der Waals surface area contributed by atoms with Gasteiger partial charge in [-0.2, -0.15) is 0 Å². The van der Waals surface area contributed by atoms with Crippen molar-refractivity contribution in [2.45, 2.75) is 39.0 Å². The molecule has 0 amide bonds. The first-order valence-corrected chi connectivity index (χ1v) is 6.52. The highest BCUT2D eigenvalue weighted by Gasteiger charge is 2.40. The van der Waals surface area contributed by atoms with E-state index in [1.807, 2.05) is 0 Å². The van der Waals surface area contributed by atoms with Gasteiger partial charge in [0.2, 0.25) is 0 Å². The largest absolute Gasteiger partial charge is 0.481 e. The number of hydrogen-bond acceptors (Lipinski definition) is 5. The van der Waals surface area contributed by atoms with Gasteiger partial charge in [-0.3, -0.25) is 9.59 Å². The van der Waals surface area contributed by atoms with E-state index >= 15 is 0 Å². The standard InChI is InChI=1S/C13H24O6/c1-10(4-2-3-6-14)11(17)8-13(9-16,5-7-15)12(18)19/h10,14-16H,2-9H2,1H3,(H,18,19). The Morgan fingerprint density at radius 1 is 1.11 bits per heavy atom. The van der Waals surface area contributed by atoms with Gasteiger partial charge in [-0.15, -0.1) is 0 Å². The molecule has 6 nitrogen and oxygen atoms in total. The normalized spacial score (nSPS) is 15.8. The highest BCUT2D eigenvalue weighted by atomic mass is 16.4. The SMILES string of the molecule is CC(CCCCO)C(=O)CC(CO)(CCO)C(=O)O. The van der Waals surface area contributed by atoms with Crippen molar-refractivity contribution in [3.8, 4) is 0 Å². The van der Waals surface area contributed by atoms with Crippen molar-refractivity contribution in [3.63, 3.8) is 0 Å². The molecule has 0 saturated carbocycles. The van der Waals surface area contributed by atoms with Crippen LogP contribution in [0.15, 0.2) is 0 Å². The van der Waals surface area contributed by atoms with Crippen molar-refractivity contribution in [1.29, 1.82) is 0 Å². The molecule has 2 unspecified atom stereocenters. The third-order valence-electron chi connectivity index (χ3n) is 3.45. The van der Waals surface area contributed by atoms with E-state index in [0.29, 0.717) is 19.3 Å². The lowest BCUT2D eigenvalue weighted by Gasteiger charge is -2.27. The summed E-state index contributed by atoms with van der Waals surface area (Å²) in [6.07, 6.45) is 1.47. The van der Waals surface area contributed by atoms with Crippen LogP contribution in [0, 0.1) is 11.3 Å². The number of rotatable bonds is 11. The van der Waals surface area contributed by atoms with Gasteiger partial charge in [-0.05, 0) is 19.3 Å². The molecule has 0 radical (unpaired) electrons. The predicted molar refractivity (Wildman–Crippen MR) is 68.6 cm³/mol. The zero-order valence-electron chi connectivity index (χ0n) is 11.3. The first-order valence-electron chi connectivity index (χ1n) is 6.52. The minimum Gasteiger partial charge on any atom is -0.481 e. The van der Waals surface area contributed by atoms with E-state index in [4.69, 9.17) is 15.3 Å². The Bertz CT molecular complexity index is 291. The Morgan fingerprint density at radius 2 is 1.74 bits per heavy atom. The second-order valence-electron chi connectivity index (χ2n) is 4.98. The summed E-state index contributed by atoms with van der Waals surface area (Å²) >= 11 is 0. The van der Waals surface area contributed by atoms with Crippen LogP contribution in [0.1, 0.15) is 39.0 Å². The van der Waals surface area contributed by atoms with E-state index in [0.717, 1.165) is 0 Å². The molecule has 0 saturated heterocycles. The molecule has 0 aromatic rings. The highest BCUT2D eigenvalue weighted by Crippen LogP contribution is 2.29. The van der Waals surface area contributed by atoms with E-state index in [-0.39, 0.29) is 37.8 Å². The third-order valence-corrected chi connectivity index (χ3v) is 3.45. The van der Waals surface area contributed by atoms with Crippen molar-refractivity contribution in [2.24, 2.45) is 11.3 Å². The number of aliphatic hydroxyl groups excluding tert-OH is 3. The second kappa shape index (κ2) is 9.01. The first-order chi connectivity index (χ1) is 8.93. The highest BCUT2D eigenvalue weighted by molar-refractivity contribution is 5.87. The summed E-state index contributed by atoms with van der Waals surface area (Å²) in [5, 5.41) is 35.9. The van der Waals surface area contributed by atoms with Crippen LogP contribution in [0.25, 0.3) is 0 Å². The average molecular weight is 276 g/mol. The Morgan fingerprint density at radius 3 is 2.16 bits per heavy atom. The van der Waals surface area contributed by atoms with Crippen molar-refractivity contribution < 1.29 is 30.0 Å². The first kappa shape index (κ1) is 18.0. The summed E-state index contributed by atoms with van der Waals surface area (Å²) in [5.74, 6) is -1.81. The van der Waals surface area contributed by atoms with E-state index in [1.165, 1.54) is 0 Å². The number of aliphatic hydroxyl groups is 3. The van der Waals surface area contributed by atoms with Crippen LogP contribution in [0.3, 0.4) is 0 Å². The molecule has 0 spiro atoms. The summed E-state index contributed by atoms with van der Waals surface area (Å²) < 4.78 is 0. The van der Waals surface area contributed by atoms with E-state index in [9.17, 15) is 14.7 Å². The third kappa shape index (κ3) is 5.67. The predicted octanol–water partition coefficient (Wildman–Crippen LogP) is 0.190. The number of aliphatic carboxylic acids is 1. The molecule has 112 valence electrons. The quantitative estimate of drug-likeness (QED) is 0.400. The molecule has 0 bridgehead atoms. The molecule has 0 fully saturated rings. The summed E-state index contributed by atoms with van der Waals surface area (Å²) in [7, 11) is 0. The molecule has 0 aliphatic heterocycles. The molecule has 19 heavy (non-hydrogen) atoms. The monoisotopic (exact) mass is 276 g/mol. The van der Waals surface area contributed by atoms with Crippen LogP contribution in [0.5, 0.6) is 0 Å². The maximum absolute atomic E-state index is 12.0. The summed E-state index contributed by atoms with van der Waals surface area (Å²) in [4.78, 5) is 23.2. The van der Waals surface area contributed by atoms with Crippen LogP contribution in [-0.4, -0.2) is 52.0 Å². The number of unbranched alkanes of at least 4 members (excludes halogenated alkanes) is 1. The fourth-order valence-electron chi connectivity index (χ4n) is 1.92. The van der Waals surface area contributed by atoms with Gasteiger partial charge in [-0.1, -0.05) is 13.3 Å². The zero-order valence-corrected chi connectivity index (χ0v) is 11.3. The number of carbonyl (C=O) groups is 2. The van der Waals surface area contributed by atoms with Gasteiger partial charge in [0.25, 0.3) is 0 Å². The Kier molecular flexibility index (Phi) is 8.54. The van der Waals surface area contributed by atoms with Crippen LogP contribution >= 0.6 is 0 Å². The second-order valence-corrected chi connectivity index (χ2v) is 4.98. The molecule has 0 aromatic carbocycles. The fourth-order valence-corrected chi connectivity index (χ4v) is 1.92. The maximum atomic E-state index is 12.0. The van der Waals surface area contributed by atoms with E-state index in [2.05, 4.69) is 0 Å². The lowest BCUT2D eigenvalue weighted by Crippen LogP contribution is -2.39. The molecule has 0 aliphatic carbocycles. The number of hydrogen-bond donors (Lipinski definition) is 4. The lowest BCUT2D eigenvalue weighted by molar-refractivity contribution is -0.156. The Labute approximate surface area is 113 Å². The molecule has 6 heteroatoms. The average Bonchev–Trinajstić information content (AvgIpc) is 2.37. The molecule has 4 N–H and O–H groups in total. The number of ketones is 1.